The van der Waals surface area contributed by atoms with Crippen LogP contribution >= 0.6 is 0 Å². The summed E-state index contributed by atoms with van der Waals surface area (Å²) in [6.07, 6.45) is 33.8. The molecule has 0 saturated heterocycles. The minimum Gasteiger partial charge on any atom is -0.493 e. The van der Waals surface area contributed by atoms with E-state index in [-0.39, 0.29) is 5.75 Å². The third-order valence-corrected chi connectivity index (χ3v) is 4.88. The van der Waals surface area contributed by atoms with Gasteiger partial charge in [0.15, 0.2) is 11.5 Å². The largest absolute Gasteiger partial charge is 0.493 e. The third kappa shape index (κ3) is 14.6. The number of rotatable bonds is 17. The molecule has 0 amide bonds. The Morgan fingerprint density at radius 2 is 1.35 bits per heavy atom. The molecule has 0 aromatic heterocycles. The van der Waals surface area contributed by atoms with Gasteiger partial charge in [-0.15, -0.1) is 0 Å². The number of hydrogen-bond donors (Lipinski definition) is 0. The lowest BCUT2D eigenvalue weighted by Gasteiger charge is -2.07. The Morgan fingerprint density at radius 1 is 0.765 bits per heavy atom. The van der Waals surface area contributed by atoms with E-state index in [2.05, 4.69) is 19.1 Å². The Hall–Kier alpha value is -3.40. The van der Waals surface area contributed by atoms with Crippen LogP contribution in [0.3, 0.4) is 0 Å². The Balaban J connectivity index is 2.21. The molecule has 0 fully saturated rings. The molecular formula is C30H38O4. The summed E-state index contributed by atoms with van der Waals surface area (Å²) in [6, 6.07) is 4.60. The van der Waals surface area contributed by atoms with E-state index in [9.17, 15) is 9.59 Å². The molecule has 0 atom stereocenters. The second kappa shape index (κ2) is 20.2. The van der Waals surface area contributed by atoms with Crippen LogP contribution in [0.2, 0.25) is 0 Å². The van der Waals surface area contributed by atoms with Gasteiger partial charge in [-0.05, 0) is 31.0 Å². The normalized spacial score (nSPS) is 12.3. The van der Waals surface area contributed by atoms with Crippen LogP contribution < -0.4 is 9.47 Å². The zero-order chi connectivity index (χ0) is 24.7. The van der Waals surface area contributed by atoms with Crippen molar-refractivity contribution in [3.8, 4) is 11.5 Å². The SMILES string of the molecule is CCCCCCCCCC=CC=CC=CC=CC=CC=CC(=O)Oc1ccc(C=O)cc1OC. The number of benzene rings is 1. The van der Waals surface area contributed by atoms with E-state index in [4.69, 9.17) is 9.47 Å². The summed E-state index contributed by atoms with van der Waals surface area (Å²) in [5.41, 5.74) is 0.446. The van der Waals surface area contributed by atoms with Crippen molar-refractivity contribution in [2.24, 2.45) is 0 Å². The van der Waals surface area contributed by atoms with Crippen molar-refractivity contribution in [1.82, 2.24) is 0 Å². The minimum absolute atomic E-state index is 0.262. The summed E-state index contributed by atoms with van der Waals surface area (Å²) < 4.78 is 10.4. The van der Waals surface area contributed by atoms with E-state index in [1.54, 1.807) is 18.2 Å². The summed E-state index contributed by atoms with van der Waals surface area (Å²) >= 11 is 0. The van der Waals surface area contributed by atoms with Gasteiger partial charge in [0, 0.05) is 11.6 Å². The molecule has 0 aliphatic rings. The maximum atomic E-state index is 11.9. The van der Waals surface area contributed by atoms with Gasteiger partial charge in [0.25, 0.3) is 0 Å². The van der Waals surface area contributed by atoms with Crippen LogP contribution in [0.5, 0.6) is 11.5 Å². The maximum absolute atomic E-state index is 11.9. The molecule has 182 valence electrons. The molecule has 4 heteroatoms. The number of methoxy groups -OCH3 is 1. The number of carbonyl (C=O) groups is 2. The number of hydrogen-bond acceptors (Lipinski definition) is 4. The number of unbranched alkanes of at least 4 members (excludes halogenated alkanes) is 7. The lowest BCUT2D eigenvalue weighted by atomic mass is 10.1. The van der Waals surface area contributed by atoms with Gasteiger partial charge in [0.1, 0.15) is 6.29 Å². The topological polar surface area (TPSA) is 52.6 Å². The first-order valence-corrected chi connectivity index (χ1v) is 12.1. The monoisotopic (exact) mass is 462 g/mol. The molecule has 1 aromatic rings. The third-order valence-electron chi connectivity index (χ3n) is 4.88. The quantitative estimate of drug-likeness (QED) is 0.0590. The molecule has 0 heterocycles. The van der Waals surface area contributed by atoms with Gasteiger partial charge >= 0.3 is 5.97 Å². The Kier molecular flexibility index (Phi) is 17.0. The number of allylic oxidation sites excluding steroid dienone is 11. The molecule has 4 nitrogen and oxygen atoms in total. The first-order valence-electron chi connectivity index (χ1n) is 12.1. The van der Waals surface area contributed by atoms with Crippen molar-refractivity contribution in [3.63, 3.8) is 0 Å². The van der Waals surface area contributed by atoms with Crippen molar-refractivity contribution in [2.75, 3.05) is 7.11 Å². The van der Waals surface area contributed by atoms with Crippen LogP contribution in [0.15, 0.2) is 91.1 Å². The fourth-order valence-electron chi connectivity index (χ4n) is 3.03. The number of esters is 1. The first kappa shape index (κ1) is 28.6. The highest BCUT2D eigenvalue weighted by Crippen LogP contribution is 2.27. The smallest absolute Gasteiger partial charge is 0.336 e. The first-order chi connectivity index (χ1) is 16.7. The second-order valence-electron chi connectivity index (χ2n) is 7.69. The lowest BCUT2D eigenvalue weighted by Crippen LogP contribution is -2.05. The van der Waals surface area contributed by atoms with E-state index >= 15 is 0 Å². The molecule has 0 N–H and O–H groups in total. The van der Waals surface area contributed by atoms with Crippen molar-refractivity contribution in [1.29, 1.82) is 0 Å². The van der Waals surface area contributed by atoms with Crippen molar-refractivity contribution in [2.45, 2.75) is 58.3 Å². The second-order valence-corrected chi connectivity index (χ2v) is 7.69. The van der Waals surface area contributed by atoms with E-state index in [0.717, 1.165) is 6.42 Å². The molecule has 0 unspecified atom stereocenters. The number of aldehydes is 1. The van der Waals surface area contributed by atoms with Crippen LogP contribution in [0.25, 0.3) is 0 Å². The van der Waals surface area contributed by atoms with Gasteiger partial charge in [-0.1, -0.05) is 112 Å². The van der Waals surface area contributed by atoms with Crippen LogP contribution in [0, 0.1) is 0 Å². The summed E-state index contributed by atoms with van der Waals surface area (Å²) in [5.74, 6) is 0.0580. The molecule has 0 bridgehead atoms. The maximum Gasteiger partial charge on any atom is 0.336 e. The minimum atomic E-state index is -0.532. The van der Waals surface area contributed by atoms with E-state index in [0.29, 0.717) is 17.6 Å². The molecular weight excluding hydrogens is 424 g/mol. The summed E-state index contributed by atoms with van der Waals surface area (Å²) in [7, 11) is 1.45. The fourth-order valence-corrected chi connectivity index (χ4v) is 3.03. The summed E-state index contributed by atoms with van der Waals surface area (Å²) in [4.78, 5) is 22.7. The fraction of sp³-hybridized carbons (Fsp3) is 0.333. The Labute approximate surface area is 205 Å². The highest BCUT2D eigenvalue weighted by atomic mass is 16.6. The van der Waals surface area contributed by atoms with Crippen LogP contribution in [0.1, 0.15) is 68.6 Å². The van der Waals surface area contributed by atoms with Crippen molar-refractivity contribution in [3.05, 3.63) is 96.7 Å². The van der Waals surface area contributed by atoms with Crippen molar-refractivity contribution < 1.29 is 19.1 Å². The van der Waals surface area contributed by atoms with Gasteiger partial charge in [0.2, 0.25) is 0 Å². The van der Waals surface area contributed by atoms with Gasteiger partial charge in [0.05, 0.1) is 7.11 Å². The van der Waals surface area contributed by atoms with Crippen molar-refractivity contribution >= 4 is 12.3 Å². The molecule has 1 rings (SSSR count). The lowest BCUT2D eigenvalue weighted by molar-refractivity contribution is -0.129. The molecule has 0 saturated carbocycles. The zero-order valence-corrected chi connectivity index (χ0v) is 20.5. The van der Waals surface area contributed by atoms with Crippen LogP contribution in [0.4, 0.5) is 0 Å². The predicted octanol–water partition coefficient (Wildman–Crippen LogP) is 7.89. The highest BCUT2D eigenvalue weighted by Gasteiger charge is 2.08. The van der Waals surface area contributed by atoms with Gasteiger partial charge in [-0.25, -0.2) is 4.79 Å². The van der Waals surface area contributed by atoms with E-state index in [1.165, 1.54) is 70.3 Å². The van der Waals surface area contributed by atoms with Crippen LogP contribution in [-0.2, 0) is 4.79 Å². The molecule has 1 aromatic carbocycles. The van der Waals surface area contributed by atoms with Gasteiger partial charge in [-0.3, -0.25) is 4.79 Å². The predicted molar refractivity (Wildman–Crippen MR) is 141 cm³/mol. The Bertz CT molecular complexity index is 885. The molecule has 0 aliphatic heterocycles. The van der Waals surface area contributed by atoms with E-state index in [1.807, 2.05) is 42.5 Å². The molecule has 0 aliphatic carbocycles. The highest BCUT2D eigenvalue weighted by molar-refractivity contribution is 5.85. The van der Waals surface area contributed by atoms with Gasteiger partial charge < -0.3 is 9.47 Å². The Morgan fingerprint density at radius 3 is 1.97 bits per heavy atom. The number of carbonyl (C=O) groups excluding carboxylic acids is 2. The zero-order valence-electron chi connectivity index (χ0n) is 20.5. The molecule has 0 radical (unpaired) electrons. The van der Waals surface area contributed by atoms with Gasteiger partial charge in [-0.2, -0.15) is 0 Å². The standard InChI is InChI=1S/C30H38O4/c1-3-4-5-6-7-8-9-10-11-12-13-14-15-16-17-18-19-20-21-22-30(32)34-28-24-23-27(26-31)25-29(28)33-2/h11-26H,3-10H2,1-2H3. The molecule has 34 heavy (non-hydrogen) atoms. The average Bonchev–Trinajstić information content (AvgIpc) is 2.85. The summed E-state index contributed by atoms with van der Waals surface area (Å²) in [5, 5.41) is 0. The summed E-state index contributed by atoms with van der Waals surface area (Å²) in [6.45, 7) is 2.25. The van der Waals surface area contributed by atoms with Crippen LogP contribution in [-0.4, -0.2) is 19.4 Å². The number of ether oxygens (including phenoxy) is 2. The molecule has 0 spiro atoms. The average molecular weight is 463 g/mol. The van der Waals surface area contributed by atoms with E-state index < -0.39 is 5.97 Å².